The molecule has 1 fully saturated rings. The Labute approximate surface area is 110 Å². The van der Waals surface area contributed by atoms with Crippen LogP contribution in [0.15, 0.2) is 20.1 Å². The van der Waals surface area contributed by atoms with E-state index in [9.17, 15) is 8.42 Å². The highest BCUT2D eigenvalue weighted by Gasteiger charge is 2.33. The van der Waals surface area contributed by atoms with Crippen LogP contribution in [0.25, 0.3) is 0 Å². The van der Waals surface area contributed by atoms with Crippen LogP contribution in [0, 0.1) is 0 Å². The molecule has 1 aromatic heterocycles. The van der Waals surface area contributed by atoms with Gasteiger partial charge in [-0.3, -0.25) is 0 Å². The van der Waals surface area contributed by atoms with Crippen molar-refractivity contribution in [2.24, 2.45) is 0 Å². The SMILES string of the molecule is O=S(=O)(c1sccc1Br)N1CCC(Br)C1. The summed E-state index contributed by atoms with van der Waals surface area (Å²) >= 11 is 7.95. The van der Waals surface area contributed by atoms with Gasteiger partial charge in [0.15, 0.2) is 0 Å². The molecular weight excluding hydrogens is 366 g/mol. The van der Waals surface area contributed by atoms with Gasteiger partial charge in [-0.25, -0.2) is 8.42 Å². The van der Waals surface area contributed by atoms with Gasteiger partial charge in [0, 0.05) is 22.4 Å². The molecule has 1 saturated heterocycles. The number of sulfonamides is 1. The highest BCUT2D eigenvalue weighted by molar-refractivity contribution is 9.10. The van der Waals surface area contributed by atoms with Crippen LogP contribution in [0.1, 0.15) is 6.42 Å². The summed E-state index contributed by atoms with van der Waals surface area (Å²) in [6.45, 7) is 1.16. The van der Waals surface area contributed by atoms with Crippen molar-refractivity contribution in [1.29, 1.82) is 0 Å². The molecule has 3 nitrogen and oxygen atoms in total. The van der Waals surface area contributed by atoms with E-state index in [1.807, 2.05) is 0 Å². The number of hydrogen-bond acceptors (Lipinski definition) is 3. The van der Waals surface area contributed by atoms with Gasteiger partial charge < -0.3 is 0 Å². The molecule has 7 heteroatoms. The van der Waals surface area contributed by atoms with Gasteiger partial charge in [-0.05, 0) is 33.8 Å². The maximum absolute atomic E-state index is 12.1. The normalized spacial score (nSPS) is 23.5. The first-order valence-electron chi connectivity index (χ1n) is 4.39. The Morgan fingerprint density at radius 2 is 2.27 bits per heavy atom. The van der Waals surface area contributed by atoms with Gasteiger partial charge in [-0.2, -0.15) is 4.31 Å². The van der Waals surface area contributed by atoms with Crippen molar-refractivity contribution >= 4 is 53.2 Å². The third-order valence-electron chi connectivity index (χ3n) is 2.25. The molecule has 0 saturated carbocycles. The average molecular weight is 375 g/mol. The van der Waals surface area contributed by atoms with Crippen molar-refractivity contribution < 1.29 is 8.42 Å². The molecule has 1 aromatic rings. The summed E-state index contributed by atoms with van der Waals surface area (Å²) in [6, 6.07) is 1.76. The van der Waals surface area contributed by atoms with E-state index in [4.69, 9.17) is 0 Å². The van der Waals surface area contributed by atoms with Gasteiger partial charge in [0.2, 0.25) is 0 Å². The van der Waals surface area contributed by atoms with E-state index in [1.165, 1.54) is 15.6 Å². The fraction of sp³-hybridized carbons (Fsp3) is 0.500. The molecule has 0 N–H and O–H groups in total. The van der Waals surface area contributed by atoms with E-state index >= 15 is 0 Å². The van der Waals surface area contributed by atoms with Crippen LogP contribution in [0.2, 0.25) is 0 Å². The molecule has 1 aliphatic heterocycles. The third-order valence-corrected chi connectivity index (χ3v) is 7.51. The average Bonchev–Trinajstić information content (AvgIpc) is 2.74. The fourth-order valence-electron chi connectivity index (χ4n) is 1.49. The minimum atomic E-state index is -3.28. The zero-order chi connectivity index (χ0) is 11.1. The predicted molar refractivity (Wildman–Crippen MR) is 68.1 cm³/mol. The van der Waals surface area contributed by atoms with Crippen LogP contribution in [-0.4, -0.2) is 30.6 Å². The summed E-state index contributed by atoms with van der Waals surface area (Å²) in [5.74, 6) is 0. The molecule has 15 heavy (non-hydrogen) atoms. The Bertz CT molecular complexity index is 457. The first-order valence-corrected chi connectivity index (χ1v) is 8.42. The summed E-state index contributed by atoms with van der Waals surface area (Å²) in [6.07, 6.45) is 0.877. The summed E-state index contributed by atoms with van der Waals surface area (Å²) in [4.78, 5) is 0.283. The minimum Gasteiger partial charge on any atom is -0.206 e. The van der Waals surface area contributed by atoms with Gasteiger partial charge >= 0.3 is 0 Å². The standard InChI is InChI=1S/C8H9Br2NO2S2/c9-6-1-3-11(5-6)15(12,13)8-7(10)2-4-14-8/h2,4,6H,1,3,5H2. The zero-order valence-electron chi connectivity index (χ0n) is 7.69. The van der Waals surface area contributed by atoms with Crippen LogP contribution in [0.4, 0.5) is 0 Å². The first kappa shape index (κ1) is 12.0. The molecule has 0 radical (unpaired) electrons. The number of rotatable bonds is 2. The van der Waals surface area contributed by atoms with Gasteiger partial charge in [-0.15, -0.1) is 11.3 Å². The topological polar surface area (TPSA) is 37.4 Å². The number of halogens is 2. The Morgan fingerprint density at radius 1 is 1.53 bits per heavy atom. The quantitative estimate of drug-likeness (QED) is 0.746. The van der Waals surface area contributed by atoms with Crippen molar-refractivity contribution in [2.75, 3.05) is 13.1 Å². The molecule has 0 bridgehead atoms. The van der Waals surface area contributed by atoms with Crippen molar-refractivity contribution in [2.45, 2.75) is 15.5 Å². The Kier molecular flexibility index (Phi) is 3.57. The van der Waals surface area contributed by atoms with Crippen molar-refractivity contribution in [3.05, 3.63) is 15.9 Å². The Hall–Kier alpha value is 0.570. The van der Waals surface area contributed by atoms with Crippen molar-refractivity contribution in [3.8, 4) is 0 Å². The molecule has 1 unspecified atom stereocenters. The molecule has 0 amide bonds. The van der Waals surface area contributed by atoms with Crippen molar-refractivity contribution in [3.63, 3.8) is 0 Å². The molecule has 0 aliphatic carbocycles. The van der Waals surface area contributed by atoms with Gasteiger partial charge in [-0.1, -0.05) is 15.9 Å². The van der Waals surface area contributed by atoms with Gasteiger partial charge in [0.05, 0.1) is 0 Å². The molecular formula is C8H9Br2NO2S2. The number of hydrogen-bond donors (Lipinski definition) is 0. The van der Waals surface area contributed by atoms with Crippen LogP contribution in [0.5, 0.6) is 0 Å². The second-order valence-corrected chi connectivity index (χ2v) is 8.50. The van der Waals surface area contributed by atoms with Crippen molar-refractivity contribution in [1.82, 2.24) is 4.31 Å². The minimum absolute atomic E-state index is 0.283. The van der Waals surface area contributed by atoms with E-state index in [-0.39, 0.29) is 4.83 Å². The van der Waals surface area contributed by atoms with Crippen LogP contribution in [-0.2, 0) is 10.0 Å². The summed E-state index contributed by atoms with van der Waals surface area (Å²) in [5, 5.41) is 1.78. The molecule has 1 atom stereocenters. The molecule has 0 spiro atoms. The van der Waals surface area contributed by atoms with Crippen LogP contribution >= 0.6 is 43.2 Å². The second-order valence-electron chi connectivity index (χ2n) is 3.31. The third kappa shape index (κ3) is 2.31. The number of nitrogens with zero attached hydrogens (tertiary/aromatic N) is 1. The van der Waals surface area contributed by atoms with E-state index in [1.54, 1.807) is 11.4 Å². The maximum Gasteiger partial charge on any atom is 0.253 e. The number of alkyl halides is 1. The van der Waals surface area contributed by atoms with Gasteiger partial charge in [0.1, 0.15) is 4.21 Å². The lowest BCUT2D eigenvalue weighted by Gasteiger charge is -2.14. The molecule has 2 rings (SSSR count). The smallest absolute Gasteiger partial charge is 0.206 e. The fourth-order valence-corrected chi connectivity index (χ4v) is 6.18. The lowest BCUT2D eigenvalue weighted by molar-refractivity contribution is 0.480. The highest BCUT2D eigenvalue weighted by Crippen LogP contribution is 2.32. The zero-order valence-corrected chi connectivity index (χ0v) is 12.5. The highest BCUT2D eigenvalue weighted by atomic mass is 79.9. The summed E-state index contributed by atoms with van der Waals surface area (Å²) in [5.41, 5.74) is 0. The van der Waals surface area contributed by atoms with E-state index in [0.717, 1.165) is 6.42 Å². The second kappa shape index (κ2) is 4.44. The summed E-state index contributed by atoms with van der Waals surface area (Å²) < 4.78 is 26.9. The van der Waals surface area contributed by atoms with E-state index in [0.29, 0.717) is 21.8 Å². The monoisotopic (exact) mass is 373 g/mol. The molecule has 1 aliphatic rings. The van der Waals surface area contributed by atoms with Crippen LogP contribution in [0.3, 0.4) is 0 Å². The largest absolute Gasteiger partial charge is 0.253 e. The maximum atomic E-state index is 12.1. The summed E-state index contributed by atoms with van der Waals surface area (Å²) in [7, 11) is -3.28. The predicted octanol–water partition coefficient (Wildman–Crippen LogP) is 2.67. The van der Waals surface area contributed by atoms with E-state index < -0.39 is 10.0 Å². The lowest BCUT2D eigenvalue weighted by Crippen LogP contribution is -2.28. The molecule has 84 valence electrons. The number of thiophene rings is 1. The molecule has 0 aromatic carbocycles. The Balaban J connectivity index is 2.32. The molecule has 2 heterocycles. The van der Waals surface area contributed by atoms with E-state index in [2.05, 4.69) is 31.9 Å². The first-order chi connectivity index (χ1) is 7.01. The Morgan fingerprint density at radius 3 is 2.73 bits per heavy atom. The lowest BCUT2D eigenvalue weighted by atomic mass is 10.4. The van der Waals surface area contributed by atoms with Crippen LogP contribution < -0.4 is 0 Å². The van der Waals surface area contributed by atoms with Gasteiger partial charge in [0.25, 0.3) is 10.0 Å².